The third kappa shape index (κ3) is 2.28. The largest absolute Gasteiger partial charge is 0.398 e. The normalized spacial score (nSPS) is 14.8. The van der Waals surface area contributed by atoms with E-state index in [2.05, 4.69) is 60.7 Å². The van der Waals surface area contributed by atoms with Crippen LogP contribution in [0.15, 0.2) is 45.3 Å². The maximum absolute atomic E-state index is 6.03. The summed E-state index contributed by atoms with van der Waals surface area (Å²) < 4.78 is 4.32. The predicted molar refractivity (Wildman–Crippen MR) is 93.3 cm³/mol. The van der Waals surface area contributed by atoms with Crippen LogP contribution in [0.4, 0.5) is 5.69 Å². The zero-order valence-corrected chi connectivity index (χ0v) is 14.4. The second-order valence-corrected chi connectivity index (χ2v) is 7.18. The molecular formula is C16H13Br2N3. The topological polar surface area (TPSA) is 43.8 Å². The van der Waals surface area contributed by atoms with Gasteiger partial charge in [-0.1, -0.05) is 15.9 Å². The van der Waals surface area contributed by atoms with Crippen LogP contribution in [0.25, 0.3) is 22.4 Å². The van der Waals surface area contributed by atoms with E-state index in [9.17, 15) is 0 Å². The highest BCUT2D eigenvalue weighted by molar-refractivity contribution is 9.10. The van der Waals surface area contributed by atoms with Crippen molar-refractivity contribution in [1.82, 2.24) is 9.55 Å². The number of nitrogen functional groups attached to an aromatic ring is 1. The molecule has 5 heteroatoms. The fraction of sp³-hybridized carbons (Fsp3) is 0.188. The number of nitrogens with zero attached hydrogens (tertiary/aromatic N) is 2. The van der Waals surface area contributed by atoms with Crippen LogP contribution in [-0.2, 0) is 0 Å². The molecule has 1 fully saturated rings. The second-order valence-electron chi connectivity index (χ2n) is 5.41. The summed E-state index contributed by atoms with van der Waals surface area (Å²) in [6.07, 6.45) is 2.45. The summed E-state index contributed by atoms with van der Waals surface area (Å²) in [6.45, 7) is 0. The lowest BCUT2D eigenvalue weighted by Crippen LogP contribution is -1.98. The molecule has 0 aliphatic heterocycles. The molecule has 0 amide bonds. The number of rotatable bonds is 2. The summed E-state index contributed by atoms with van der Waals surface area (Å²) >= 11 is 6.97. The molecule has 0 saturated heterocycles. The van der Waals surface area contributed by atoms with Crippen LogP contribution >= 0.6 is 31.9 Å². The Morgan fingerprint density at radius 3 is 2.62 bits per heavy atom. The lowest BCUT2D eigenvalue weighted by molar-refractivity contribution is 0.775. The number of fused-ring (bicyclic) bond motifs is 1. The lowest BCUT2D eigenvalue weighted by Gasteiger charge is -2.09. The van der Waals surface area contributed by atoms with Crippen molar-refractivity contribution in [3.63, 3.8) is 0 Å². The van der Waals surface area contributed by atoms with Crippen molar-refractivity contribution >= 4 is 48.6 Å². The number of hydrogen-bond donors (Lipinski definition) is 1. The van der Waals surface area contributed by atoms with Crippen molar-refractivity contribution in [2.75, 3.05) is 5.73 Å². The van der Waals surface area contributed by atoms with Crippen LogP contribution in [-0.4, -0.2) is 9.55 Å². The molecular weight excluding hydrogens is 394 g/mol. The van der Waals surface area contributed by atoms with Gasteiger partial charge in [-0.05, 0) is 65.2 Å². The Bertz CT molecular complexity index is 850. The van der Waals surface area contributed by atoms with Crippen LogP contribution in [0, 0.1) is 0 Å². The number of nitrogens with two attached hydrogens (primary N) is 1. The average molecular weight is 407 g/mol. The summed E-state index contributed by atoms with van der Waals surface area (Å²) in [5.74, 6) is 1.00. The Kier molecular flexibility index (Phi) is 3.08. The van der Waals surface area contributed by atoms with Crippen molar-refractivity contribution < 1.29 is 0 Å². The van der Waals surface area contributed by atoms with Crippen LogP contribution in [0.5, 0.6) is 0 Å². The van der Waals surface area contributed by atoms with Gasteiger partial charge in [0, 0.05) is 26.2 Å². The van der Waals surface area contributed by atoms with E-state index in [1.54, 1.807) is 0 Å². The van der Waals surface area contributed by atoms with Crippen molar-refractivity contribution in [2.24, 2.45) is 0 Å². The minimum atomic E-state index is 0.566. The van der Waals surface area contributed by atoms with Crippen molar-refractivity contribution in [3.05, 3.63) is 45.3 Å². The molecule has 106 valence electrons. The maximum Gasteiger partial charge on any atom is 0.141 e. The van der Waals surface area contributed by atoms with Gasteiger partial charge in [-0.25, -0.2) is 4.98 Å². The SMILES string of the molecule is Nc1cc(-c2nc3cc(Br)ccc3n2C2CC2)ccc1Br. The van der Waals surface area contributed by atoms with Gasteiger partial charge in [0.1, 0.15) is 5.82 Å². The third-order valence-electron chi connectivity index (χ3n) is 3.82. The Labute approximate surface area is 139 Å². The molecule has 1 saturated carbocycles. The van der Waals surface area contributed by atoms with Crippen LogP contribution in [0.2, 0.25) is 0 Å². The molecule has 2 aromatic carbocycles. The fourth-order valence-electron chi connectivity index (χ4n) is 2.66. The van der Waals surface area contributed by atoms with Gasteiger partial charge in [-0.3, -0.25) is 0 Å². The van der Waals surface area contributed by atoms with Crippen LogP contribution < -0.4 is 5.73 Å². The first-order valence-corrected chi connectivity index (χ1v) is 8.45. The molecule has 0 unspecified atom stereocenters. The lowest BCUT2D eigenvalue weighted by atomic mass is 10.2. The monoisotopic (exact) mass is 405 g/mol. The summed E-state index contributed by atoms with van der Waals surface area (Å²) in [7, 11) is 0. The van der Waals surface area contributed by atoms with E-state index < -0.39 is 0 Å². The number of imidazole rings is 1. The van der Waals surface area contributed by atoms with Gasteiger partial charge in [0.05, 0.1) is 11.0 Å². The van der Waals surface area contributed by atoms with E-state index in [0.29, 0.717) is 6.04 Å². The van der Waals surface area contributed by atoms with E-state index in [4.69, 9.17) is 10.7 Å². The Morgan fingerprint density at radius 1 is 1.10 bits per heavy atom. The molecule has 1 heterocycles. The van der Waals surface area contributed by atoms with E-state index in [0.717, 1.165) is 31.5 Å². The zero-order chi connectivity index (χ0) is 14.6. The average Bonchev–Trinajstić information content (AvgIpc) is 3.22. The molecule has 21 heavy (non-hydrogen) atoms. The van der Waals surface area contributed by atoms with Gasteiger partial charge in [-0.2, -0.15) is 0 Å². The highest BCUT2D eigenvalue weighted by Crippen LogP contribution is 2.42. The Morgan fingerprint density at radius 2 is 1.90 bits per heavy atom. The molecule has 4 rings (SSSR count). The van der Waals surface area contributed by atoms with Gasteiger partial charge >= 0.3 is 0 Å². The molecule has 3 nitrogen and oxygen atoms in total. The maximum atomic E-state index is 6.03. The van der Waals surface area contributed by atoms with Crippen molar-refractivity contribution in [2.45, 2.75) is 18.9 Å². The fourth-order valence-corrected chi connectivity index (χ4v) is 3.26. The van der Waals surface area contributed by atoms with Crippen LogP contribution in [0.1, 0.15) is 18.9 Å². The highest BCUT2D eigenvalue weighted by Gasteiger charge is 2.28. The van der Waals surface area contributed by atoms with Gasteiger partial charge in [0.15, 0.2) is 0 Å². The molecule has 1 aliphatic carbocycles. The summed E-state index contributed by atoms with van der Waals surface area (Å²) in [5, 5.41) is 0. The predicted octanol–water partition coefficient (Wildman–Crippen LogP) is 5.15. The molecule has 0 atom stereocenters. The van der Waals surface area contributed by atoms with Gasteiger partial charge in [0.2, 0.25) is 0 Å². The minimum Gasteiger partial charge on any atom is -0.398 e. The first-order valence-electron chi connectivity index (χ1n) is 6.86. The van der Waals surface area contributed by atoms with E-state index in [1.807, 2.05) is 12.1 Å². The molecule has 2 N–H and O–H groups in total. The number of anilines is 1. The number of benzene rings is 2. The Balaban J connectivity index is 1.98. The quantitative estimate of drug-likeness (QED) is 0.598. The number of hydrogen-bond acceptors (Lipinski definition) is 2. The van der Waals surface area contributed by atoms with E-state index >= 15 is 0 Å². The van der Waals surface area contributed by atoms with E-state index in [-0.39, 0.29) is 0 Å². The molecule has 0 bridgehead atoms. The number of aromatic nitrogens is 2. The molecule has 3 aromatic rings. The first-order chi connectivity index (χ1) is 10.1. The molecule has 1 aliphatic rings. The standard InChI is InChI=1S/C16H13Br2N3/c17-10-2-6-15-14(8-10)20-16(21(15)11-3-4-11)9-1-5-12(18)13(19)7-9/h1-2,5-8,11H,3-4,19H2. The van der Waals surface area contributed by atoms with Gasteiger partial charge < -0.3 is 10.3 Å². The zero-order valence-electron chi connectivity index (χ0n) is 11.2. The highest BCUT2D eigenvalue weighted by atomic mass is 79.9. The summed E-state index contributed by atoms with van der Waals surface area (Å²) in [4.78, 5) is 4.84. The van der Waals surface area contributed by atoms with Crippen molar-refractivity contribution in [3.8, 4) is 11.4 Å². The smallest absolute Gasteiger partial charge is 0.141 e. The second kappa shape index (κ2) is 4.85. The summed E-state index contributed by atoms with van der Waals surface area (Å²) in [5.41, 5.74) is 10.0. The summed E-state index contributed by atoms with van der Waals surface area (Å²) in [6, 6.07) is 12.9. The molecule has 1 aromatic heterocycles. The molecule has 0 spiro atoms. The van der Waals surface area contributed by atoms with Crippen molar-refractivity contribution in [1.29, 1.82) is 0 Å². The molecule has 0 radical (unpaired) electrons. The first kappa shape index (κ1) is 13.3. The van der Waals surface area contributed by atoms with Crippen LogP contribution in [0.3, 0.4) is 0 Å². The third-order valence-corrected chi connectivity index (χ3v) is 5.03. The van der Waals surface area contributed by atoms with E-state index in [1.165, 1.54) is 18.4 Å². The number of halogens is 2. The van der Waals surface area contributed by atoms with Gasteiger partial charge in [0.25, 0.3) is 0 Å². The minimum absolute atomic E-state index is 0.566. The Hall–Kier alpha value is -1.33. The van der Waals surface area contributed by atoms with Gasteiger partial charge in [-0.15, -0.1) is 0 Å².